The van der Waals surface area contributed by atoms with E-state index in [1.165, 1.54) is 0 Å². The van der Waals surface area contributed by atoms with Crippen LogP contribution >= 0.6 is 0 Å². The minimum absolute atomic E-state index is 0.690. The Morgan fingerprint density at radius 1 is 1.38 bits per heavy atom. The minimum Gasteiger partial charge on any atom is -0.495 e. The van der Waals surface area contributed by atoms with Crippen LogP contribution in [0.5, 0.6) is 5.75 Å². The van der Waals surface area contributed by atoms with E-state index in [0.717, 1.165) is 22.8 Å². The summed E-state index contributed by atoms with van der Waals surface area (Å²) in [5.41, 5.74) is 3.08. The van der Waals surface area contributed by atoms with E-state index in [1.54, 1.807) is 13.4 Å². The van der Waals surface area contributed by atoms with Gasteiger partial charge in [0.05, 0.1) is 31.4 Å². The third-order valence-electron chi connectivity index (χ3n) is 2.49. The molecule has 1 aromatic carbocycles. The van der Waals surface area contributed by atoms with Gasteiger partial charge in [0.15, 0.2) is 0 Å². The van der Waals surface area contributed by atoms with E-state index in [0.29, 0.717) is 6.54 Å². The summed E-state index contributed by atoms with van der Waals surface area (Å²) < 4.78 is 5.25. The summed E-state index contributed by atoms with van der Waals surface area (Å²) in [5, 5.41) is 3.30. The first kappa shape index (κ1) is 10.5. The summed E-state index contributed by atoms with van der Waals surface area (Å²) in [6.45, 7) is 2.70. The van der Waals surface area contributed by atoms with Gasteiger partial charge in [-0.25, -0.2) is 4.98 Å². The van der Waals surface area contributed by atoms with Crippen LogP contribution < -0.4 is 10.1 Å². The smallest absolute Gasteiger partial charge is 0.141 e. The molecule has 1 heterocycles. The molecule has 0 atom stereocenters. The lowest BCUT2D eigenvalue weighted by Gasteiger charge is -2.09. The lowest BCUT2D eigenvalue weighted by Crippen LogP contribution is -2.02. The number of rotatable bonds is 4. The number of aryl methyl sites for hydroxylation is 1. The quantitative estimate of drug-likeness (QED) is 0.826. The van der Waals surface area contributed by atoms with Crippen molar-refractivity contribution in [3.63, 3.8) is 0 Å². The number of hydrogen-bond donors (Lipinski definition) is 2. The molecular weight excluding hydrogens is 202 g/mol. The maximum atomic E-state index is 5.25. The number of nitrogens with one attached hydrogen (secondary N) is 2. The number of anilines is 1. The molecular formula is C12H15N3O. The van der Waals surface area contributed by atoms with Crippen molar-refractivity contribution >= 4 is 5.69 Å². The second kappa shape index (κ2) is 4.70. The normalized spacial score (nSPS) is 10.1. The zero-order valence-electron chi connectivity index (χ0n) is 9.45. The molecule has 0 bridgehead atoms. The summed E-state index contributed by atoms with van der Waals surface area (Å²) in [7, 11) is 1.67. The van der Waals surface area contributed by atoms with Crippen LogP contribution in [-0.4, -0.2) is 17.1 Å². The number of methoxy groups -OCH3 is 1. The van der Waals surface area contributed by atoms with Gasteiger partial charge in [0.25, 0.3) is 0 Å². The number of ether oxygens (including phenoxy) is 1. The zero-order valence-corrected chi connectivity index (χ0v) is 9.45. The van der Waals surface area contributed by atoms with Gasteiger partial charge in [-0.15, -0.1) is 0 Å². The Morgan fingerprint density at radius 2 is 2.19 bits per heavy atom. The van der Waals surface area contributed by atoms with E-state index in [4.69, 9.17) is 4.74 Å². The van der Waals surface area contributed by atoms with Crippen molar-refractivity contribution < 1.29 is 4.74 Å². The number of aromatic nitrogens is 2. The summed E-state index contributed by atoms with van der Waals surface area (Å²) in [6.07, 6.45) is 1.70. The first-order chi connectivity index (χ1) is 7.81. The number of hydrogen-bond acceptors (Lipinski definition) is 3. The number of H-pyrrole nitrogens is 1. The minimum atomic E-state index is 0.690. The molecule has 4 nitrogen and oxygen atoms in total. The Morgan fingerprint density at radius 3 is 2.88 bits per heavy atom. The first-order valence-electron chi connectivity index (χ1n) is 5.17. The van der Waals surface area contributed by atoms with E-state index in [-0.39, 0.29) is 0 Å². The Balaban J connectivity index is 2.07. The predicted molar refractivity (Wildman–Crippen MR) is 63.6 cm³/mol. The zero-order chi connectivity index (χ0) is 11.4. The van der Waals surface area contributed by atoms with Crippen molar-refractivity contribution in [2.24, 2.45) is 0 Å². The molecule has 0 radical (unpaired) electrons. The fourth-order valence-corrected chi connectivity index (χ4v) is 1.54. The maximum Gasteiger partial charge on any atom is 0.141 e. The molecule has 0 spiro atoms. The molecule has 2 aromatic rings. The van der Waals surface area contributed by atoms with Gasteiger partial charge in [-0.05, 0) is 19.1 Å². The average Bonchev–Trinajstić information content (AvgIpc) is 2.72. The Kier molecular flexibility index (Phi) is 3.10. The van der Waals surface area contributed by atoms with Crippen LogP contribution in [0.15, 0.2) is 30.6 Å². The van der Waals surface area contributed by atoms with Crippen LogP contribution in [0.3, 0.4) is 0 Å². The Hall–Kier alpha value is -1.97. The molecule has 16 heavy (non-hydrogen) atoms. The molecule has 0 aliphatic rings. The molecule has 0 aliphatic carbocycles. The number of para-hydroxylation sites is 2. The third-order valence-corrected chi connectivity index (χ3v) is 2.49. The molecule has 0 saturated heterocycles. The Labute approximate surface area is 94.7 Å². The SMILES string of the molecule is COc1ccccc1NCc1nc[nH]c1C. The highest BCUT2D eigenvalue weighted by atomic mass is 16.5. The number of aromatic amines is 1. The third kappa shape index (κ3) is 2.16. The molecule has 0 unspecified atom stereocenters. The molecule has 0 saturated carbocycles. The maximum absolute atomic E-state index is 5.25. The van der Waals surface area contributed by atoms with Crippen LogP contribution in [0, 0.1) is 6.92 Å². The Bertz CT molecular complexity index is 465. The van der Waals surface area contributed by atoms with Crippen molar-refractivity contribution in [1.29, 1.82) is 0 Å². The summed E-state index contributed by atoms with van der Waals surface area (Å²) >= 11 is 0. The highest BCUT2D eigenvalue weighted by Crippen LogP contribution is 2.23. The molecule has 0 amide bonds. The second-order valence-electron chi connectivity index (χ2n) is 3.53. The average molecular weight is 217 g/mol. The van der Waals surface area contributed by atoms with Crippen LogP contribution in [-0.2, 0) is 6.54 Å². The summed E-state index contributed by atoms with van der Waals surface area (Å²) in [6, 6.07) is 7.84. The van der Waals surface area contributed by atoms with E-state index < -0.39 is 0 Å². The van der Waals surface area contributed by atoms with Crippen molar-refractivity contribution in [2.45, 2.75) is 13.5 Å². The number of benzene rings is 1. The van der Waals surface area contributed by atoms with Crippen LogP contribution in [0.4, 0.5) is 5.69 Å². The summed E-state index contributed by atoms with van der Waals surface area (Å²) in [4.78, 5) is 7.28. The number of imidazole rings is 1. The highest BCUT2D eigenvalue weighted by Gasteiger charge is 2.03. The van der Waals surface area contributed by atoms with Gasteiger partial charge in [0, 0.05) is 5.69 Å². The van der Waals surface area contributed by atoms with Crippen LogP contribution in [0.1, 0.15) is 11.4 Å². The van der Waals surface area contributed by atoms with Crippen molar-refractivity contribution in [2.75, 3.05) is 12.4 Å². The lowest BCUT2D eigenvalue weighted by molar-refractivity contribution is 0.416. The molecule has 2 rings (SSSR count). The van der Waals surface area contributed by atoms with Crippen molar-refractivity contribution in [3.05, 3.63) is 42.0 Å². The van der Waals surface area contributed by atoms with Crippen molar-refractivity contribution in [3.8, 4) is 5.75 Å². The van der Waals surface area contributed by atoms with Gasteiger partial charge in [0.1, 0.15) is 5.75 Å². The standard InChI is InChI=1S/C12H15N3O/c1-9-11(15-8-14-9)7-13-10-5-3-4-6-12(10)16-2/h3-6,8,13H,7H2,1-2H3,(H,14,15). The highest BCUT2D eigenvalue weighted by molar-refractivity contribution is 5.56. The molecule has 0 fully saturated rings. The van der Waals surface area contributed by atoms with Gasteiger partial charge < -0.3 is 15.0 Å². The van der Waals surface area contributed by atoms with Gasteiger partial charge >= 0.3 is 0 Å². The van der Waals surface area contributed by atoms with Gasteiger partial charge in [-0.2, -0.15) is 0 Å². The summed E-state index contributed by atoms with van der Waals surface area (Å²) in [5.74, 6) is 0.843. The first-order valence-corrected chi connectivity index (χ1v) is 5.17. The fourth-order valence-electron chi connectivity index (χ4n) is 1.54. The van der Waals surface area contributed by atoms with Crippen molar-refractivity contribution in [1.82, 2.24) is 9.97 Å². The van der Waals surface area contributed by atoms with Crippen LogP contribution in [0.25, 0.3) is 0 Å². The monoisotopic (exact) mass is 217 g/mol. The van der Waals surface area contributed by atoms with Gasteiger partial charge in [-0.3, -0.25) is 0 Å². The second-order valence-corrected chi connectivity index (χ2v) is 3.53. The van der Waals surface area contributed by atoms with Gasteiger partial charge in [0.2, 0.25) is 0 Å². The van der Waals surface area contributed by atoms with Crippen LogP contribution in [0.2, 0.25) is 0 Å². The molecule has 84 valence electrons. The fraction of sp³-hybridized carbons (Fsp3) is 0.250. The molecule has 2 N–H and O–H groups in total. The predicted octanol–water partition coefficient (Wildman–Crippen LogP) is 2.34. The largest absolute Gasteiger partial charge is 0.495 e. The molecule has 4 heteroatoms. The number of nitrogens with zero attached hydrogens (tertiary/aromatic N) is 1. The molecule has 1 aromatic heterocycles. The lowest BCUT2D eigenvalue weighted by atomic mass is 10.2. The van der Waals surface area contributed by atoms with E-state index >= 15 is 0 Å². The topological polar surface area (TPSA) is 49.9 Å². The molecule has 0 aliphatic heterocycles. The van der Waals surface area contributed by atoms with E-state index in [1.807, 2.05) is 31.2 Å². The van der Waals surface area contributed by atoms with Gasteiger partial charge in [-0.1, -0.05) is 12.1 Å². The van der Waals surface area contributed by atoms with E-state index in [9.17, 15) is 0 Å². The van der Waals surface area contributed by atoms with E-state index in [2.05, 4.69) is 15.3 Å².